The van der Waals surface area contributed by atoms with Gasteiger partial charge in [-0.05, 0) is 0 Å². The van der Waals surface area contributed by atoms with Gasteiger partial charge < -0.3 is 0 Å². The number of hydrogen-bond donors (Lipinski definition) is 1. The Bertz CT molecular complexity index is 284. The van der Waals surface area contributed by atoms with Gasteiger partial charge in [-0.2, -0.15) is 0 Å². The van der Waals surface area contributed by atoms with Crippen molar-refractivity contribution in [1.29, 1.82) is 0 Å². The van der Waals surface area contributed by atoms with Gasteiger partial charge in [-0.3, -0.25) is 0 Å². The van der Waals surface area contributed by atoms with E-state index >= 15 is 0 Å². The van der Waals surface area contributed by atoms with Crippen LogP contribution < -0.4 is 0 Å². The van der Waals surface area contributed by atoms with E-state index in [1.807, 2.05) is 6.92 Å². The van der Waals surface area contributed by atoms with Crippen LogP contribution in [-0.2, 0) is 0 Å². The van der Waals surface area contributed by atoms with E-state index in [1.165, 1.54) is 75.1 Å². The van der Waals surface area contributed by atoms with Gasteiger partial charge in [0.05, 0.1) is 0 Å². The zero-order valence-electron chi connectivity index (χ0n) is 16.3. The normalized spacial score (nSPS) is 14.9. The molecule has 0 aromatic heterocycles. The second kappa shape index (κ2) is 15.7. The van der Waals surface area contributed by atoms with Crippen LogP contribution in [0.15, 0.2) is 10.5 Å². The molecule has 1 atom stereocenters. The summed E-state index contributed by atoms with van der Waals surface area (Å²) >= 11 is 0.425. The van der Waals surface area contributed by atoms with E-state index in [1.54, 1.807) is 0 Å². The molecule has 1 unspecified atom stereocenters. The van der Waals surface area contributed by atoms with Gasteiger partial charge in [0.2, 0.25) is 0 Å². The molecular weight excluding hydrogens is 347 g/mol. The summed E-state index contributed by atoms with van der Waals surface area (Å²) in [5.41, 5.74) is -0.553. The Morgan fingerprint density at radius 3 is 1.83 bits per heavy atom. The molecule has 0 saturated heterocycles. The van der Waals surface area contributed by atoms with E-state index in [0.717, 1.165) is 19.3 Å². The molecule has 0 aromatic carbocycles. The third-order valence-corrected chi connectivity index (χ3v) is 6.85. The first kappa shape index (κ1) is 23.2. The summed E-state index contributed by atoms with van der Waals surface area (Å²) in [7, 11) is 0. The van der Waals surface area contributed by atoms with Crippen LogP contribution in [0.4, 0.5) is 0 Å². The SMILES string of the molecule is CCCCCCCCCC/C=C(\[Se]C)C(C)(O)CCCCCC. The Hall–Kier alpha value is 0.219. The van der Waals surface area contributed by atoms with Crippen molar-refractivity contribution in [2.75, 3.05) is 0 Å². The molecule has 0 aromatic rings. The second-order valence-corrected chi connectivity index (χ2v) is 8.90. The van der Waals surface area contributed by atoms with Crippen LogP contribution in [0.5, 0.6) is 0 Å². The van der Waals surface area contributed by atoms with Gasteiger partial charge >= 0.3 is 153 Å². The summed E-state index contributed by atoms with van der Waals surface area (Å²) in [4.78, 5) is 0. The van der Waals surface area contributed by atoms with Crippen LogP contribution in [0.3, 0.4) is 0 Å². The van der Waals surface area contributed by atoms with Crippen molar-refractivity contribution in [3.8, 4) is 0 Å². The topological polar surface area (TPSA) is 20.2 Å². The molecule has 0 fully saturated rings. The summed E-state index contributed by atoms with van der Waals surface area (Å²) in [6, 6.07) is 0. The number of rotatable bonds is 16. The predicted molar refractivity (Wildman–Crippen MR) is 106 cm³/mol. The Kier molecular flexibility index (Phi) is 15.9. The zero-order valence-corrected chi connectivity index (χ0v) is 18.0. The quantitative estimate of drug-likeness (QED) is 0.225. The van der Waals surface area contributed by atoms with Gasteiger partial charge in [0.1, 0.15) is 0 Å². The third kappa shape index (κ3) is 13.2. The molecule has 0 heterocycles. The molecule has 2 heteroatoms. The molecule has 0 aliphatic rings. The van der Waals surface area contributed by atoms with Gasteiger partial charge in [0.25, 0.3) is 0 Å². The summed E-state index contributed by atoms with van der Waals surface area (Å²) in [6.45, 7) is 6.55. The van der Waals surface area contributed by atoms with Gasteiger partial charge in [0.15, 0.2) is 0 Å². The fourth-order valence-electron chi connectivity index (χ4n) is 3.05. The average molecular weight is 390 g/mol. The van der Waals surface area contributed by atoms with Gasteiger partial charge in [0, 0.05) is 0 Å². The van der Waals surface area contributed by atoms with E-state index in [2.05, 4.69) is 25.7 Å². The van der Waals surface area contributed by atoms with Gasteiger partial charge in [-0.15, -0.1) is 0 Å². The van der Waals surface area contributed by atoms with Crippen LogP contribution in [-0.4, -0.2) is 25.7 Å². The van der Waals surface area contributed by atoms with E-state index < -0.39 is 5.60 Å². The van der Waals surface area contributed by atoms with E-state index in [9.17, 15) is 5.11 Å². The summed E-state index contributed by atoms with van der Waals surface area (Å²) in [6.07, 6.45) is 20.4. The van der Waals surface area contributed by atoms with Crippen LogP contribution in [0.2, 0.25) is 5.82 Å². The van der Waals surface area contributed by atoms with E-state index in [-0.39, 0.29) is 0 Å². The van der Waals surface area contributed by atoms with E-state index in [0.29, 0.717) is 15.0 Å². The minimum atomic E-state index is -0.553. The molecule has 0 saturated carbocycles. The number of aliphatic hydroxyl groups is 1. The Morgan fingerprint density at radius 1 is 0.826 bits per heavy atom. The fourth-order valence-corrected chi connectivity index (χ4v) is 4.79. The van der Waals surface area contributed by atoms with Gasteiger partial charge in [-0.25, -0.2) is 0 Å². The van der Waals surface area contributed by atoms with Gasteiger partial charge in [-0.1, -0.05) is 0 Å². The molecule has 23 heavy (non-hydrogen) atoms. The predicted octanol–water partition coefficient (Wildman–Crippen LogP) is 6.87. The molecule has 0 radical (unpaired) electrons. The Morgan fingerprint density at radius 2 is 1.30 bits per heavy atom. The average Bonchev–Trinajstić information content (AvgIpc) is 2.53. The summed E-state index contributed by atoms with van der Waals surface area (Å²) in [5.74, 6) is 2.24. The maximum absolute atomic E-state index is 10.7. The molecule has 1 nitrogen and oxygen atoms in total. The number of hydrogen-bond acceptors (Lipinski definition) is 1. The fraction of sp³-hybridized carbons (Fsp3) is 0.905. The molecule has 0 amide bonds. The molecule has 0 bridgehead atoms. The van der Waals surface area contributed by atoms with Crippen LogP contribution in [0.1, 0.15) is 111 Å². The first-order valence-electron chi connectivity index (χ1n) is 10.1. The van der Waals surface area contributed by atoms with E-state index in [4.69, 9.17) is 0 Å². The second-order valence-electron chi connectivity index (χ2n) is 7.12. The van der Waals surface area contributed by atoms with Crippen LogP contribution in [0.25, 0.3) is 0 Å². The first-order valence-corrected chi connectivity index (χ1v) is 12.6. The van der Waals surface area contributed by atoms with Crippen LogP contribution in [0, 0.1) is 0 Å². The van der Waals surface area contributed by atoms with Crippen molar-refractivity contribution in [3.63, 3.8) is 0 Å². The zero-order chi connectivity index (χ0) is 17.4. The van der Waals surface area contributed by atoms with Crippen molar-refractivity contribution in [2.24, 2.45) is 0 Å². The van der Waals surface area contributed by atoms with Crippen molar-refractivity contribution in [1.82, 2.24) is 0 Å². The first-order chi connectivity index (χ1) is 11.1. The standard InChI is InChI=1S/C21H42OSe/c1-5-7-9-11-12-13-14-15-16-18-20(23-4)21(3,22)19-17-10-8-6-2/h18,22H,5-17,19H2,1-4H3/b20-18-. The third-order valence-electron chi connectivity index (χ3n) is 4.66. The molecule has 0 aliphatic heterocycles. The Balaban J connectivity index is 3.88. The van der Waals surface area contributed by atoms with Crippen molar-refractivity contribution < 1.29 is 5.11 Å². The summed E-state index contributed by atoms with van der Waals surface area (Å²) < 4.78 is 1.32. The van der Waals surface area contributed by atoms with Crippen molar-refractivity contribution in [2.45, 2.75) is 122 Å². The molecule has 138 valence electrons. The maximum atomic E-state index is 10.7. The Labute approximate surface area is 152 Å². The molecule has 0 spiro atoms. The number of unbranched alkanes of at least 4 members (excludes halogenated alkanes) is 11. The van der Waals surface area contributed by atoms with Crippen LogP contribution >= 0.6 is 0 Å². The monoisotopic (exact) mass is 390 g/mol. The van der Waals surface area contributed by atoms with Crippen molar-refractivity contribution in [3.05, 3.63) is 10.5 Å². The molecule has 0 rings (SSSR count). The number of allylic oxidation sites excluding steroid dienone is 1. The summed E-state index contributed by atoms with van der Waals surface area (Å²) in [5, 5.41) is 10.7. The molecule has 1 N–H and O–H groups in total. The van der Waals surface area contributed by atoms with Crippen molar-refractivity contribution >= 4 is 15.0 Å². The molecular formula is C21H42OSe. The molecule has 0 aliphatic carbocycles. The minimum absolute atomic E-state index is 0.425.